The van der Waals surface area contributed by atoms with E-state index in [9.17, 15) is 13.6 Å². The zero-order valence-corrected chi connectivity index (χ0v) is 14.8. The van der Waals surface area contributed by atoms with Crippen LogP contribution in [0, 0.1) is 23.5 Å². The van der Waals surface area contributed by atoms with Crippen LogP contribution in [0.15, 0.2) is 48.5 Å². The van der Waals surface area contributed by atoms with E-state index in [0.717, 1.165) is 36.8 Å². The van der Waals surface area contributed by atoms with Crippen molar-refractivity contribution in [2.24, 2.45) is 11.8 Å². The number of halogens is 2. The third kappa shape index (κ3) is 4.20. The first-order valence-corrected chi connectivity index (χ1v) is 9.63. The van der Waals surface area contributed by atoms with Gasteiger partial charge in [0.1, 0.15) is 17.4 Å². The molecule has 1 nitrogen and oxygen atoms in total. The predicted molar refractivity (Wildman–Crippen MR) is 98.0 cm³/mol. The number of benzene rings is 2. The van der Waals surface area contributed by atoms with E-state index in [1.54, 1.807) is 0 Å². The van der Waals surface area contributed by atoms with Gasteiger partial charge in [-0.3, -0.25) is 4.79 Å². The fourth-order valence-electron chi connectivity index (χ4n) is 4.10. The fraction of sp³-hybridized carbons (Fsp3) is 0.435. The Morgan fingerprint density at radius 2 is 1.08 bits per heavy atom. The number of ketones is 1. The van der Waals surface area contributed by atoms with Crippen LogP contribution in [0.3, 0.4) is 0 Å². The molecule has 26 heavy (non-hydrogen) atoms. The van der Waals surface area contributed by atoms with Crippen molar-refractivity contribution >= 4 is 5.78 Å². The lowest BCUT2D eigenvalue weighted by Gasteiger charge is -2.20. The highest BCUT2D eigenvalue weighted by molar-refractivity contribution is 5.80. The Bertz CT molecular complexity index is 692. The van der Waals surface area contributed by atoms with Gasteiger partial charge in [-0.1, -0.05) is 24.3 Å². The first-order chi connectivity index (χ1) is 12.6. The maximum atomic E-state index is 13.2. The van der Waals surface area contributed by atoms with Gasteiger partial charge in [-0.15, -0.1) is 0 Å². The summed E-state index contributed by atoms with van der Waals surface area (Å²) < 4.78 is 26.4. The SMILES string of the molecule is O=C(C[C@H](c1ccc(F)cc1)C1CC1)C[C@H](c1ccc(F)cc1)C1CC1. The molecule has 0 amide bonds. The number of carbonyl (C=O) groups is 1. The molecule has 2 atom stereocenters. The van der Waals surface area contributed by atoms with Gasteiger partial charge in [-0.25, -0.2) is 8.78 Å². The topological polar surface area (TPSA) is 17.1 Å². The molecule has 0 unspecified atom stereocenters. The zero-order valence-electron chi connectivity index (χ0n) is 14.8. The Hall–Kier alpha value is -2.03. The molecule has 0 radical (unpaired) electrons. The highest BCUT2D eigenvalue weighted by Gasteiger charge is 2.37. The predicted octanol–water partition coefficient (Wildman–Crippen LogP) is 6.00. The fourth-order valence-corrected chi connectivity index (χ4v) is 4.10. The van der Waals surface area contributed by atoms with Gasteiger partial charge in [0.2, 0.25) is 0 Å². The molecular weight excluding hydrogens is 330 g/mol. The van der Waals surface area contributed by atoms with Gasteiger partial charge >= 0.3 is 0 Å². The molecule has 4 rings (SSSR count). The number of carbonyl (C=O) groups excluding carboxylic acids is 1. The Kier molecular flexibility index (Phi) is 4.88. The Morgan fingerprint density at radius 1 is 0.731 bits per heavy atom. The standard InChI is InChI=1S/C23H24F2O/c24-19-9-5-17(6-10-19)22(15-1-2-15)13-21(26)14-23(16-3-4-16)18-7-11-20(25)12-8-18/h5-12,15-16,22-23H,1-4,13-14H2/t22-,23-/m0/s1. The third-order valence-corrected chi connectivity index (χ3v) is 5.87. The van der Waals surface area contributed by atoms with E-state index in [1.807, 2.05) is 24.3 Å². The first kappa shape index (κ1) is 17.4. The van der Waals surface area contributed by atoms with E-state index in [-0.39, 0.29) is 29.3 Å². The van der Waals surface area contributed by atoms with E-state index in [4.69, 9.17) is 0 Å². The van der Waals surface area contributed by atoms with E-state index in [1.165, 1.54) is 24.3 Å². The van der Waals surface area contributed by atoms with Crippen LogP contribution >= 0.6 is 0 Å². The maximum Gasteiger partial charge on any atom is 0.134 e. The molecule has 0 bridgehead atoms. The van der Waals surface area contributed by atoms with Crippen molar-refractivity contribution in [2.75, 3.05) is 0 Å². The lowest BCUT2D eigenvalue weighted by molar-refractivity contribution is -0.120. The largest absolute Gasteiger partial charge is 0.300 e. The van der Waals surface area contributed by atoms with Gasteiger partial charge in [-0.05, 0) is 84.7 Å². The van der Waals surface area contributed by atoms with Crippen LogP contribution in [0.1, 0.15) is 61.5 Å². The molecule has 0 N–H and O–H groups in total. The summed E-state index contributed by atoms with van der Waals surface area (Å²) >= 11 is 0. The van der Waals surface area contributed by atoms with Crippen LogP contribution in [-0.2, 0) is 4.79 Å². The summed E-state index contributed by atoms with van der Waals surface area (Å²) in [5.41, 5.74) is 2.15. The molecule has 0 heterocycles. The zero-order chi connectivity index (χ0) is 18.1. The minimum Gasteiger partial charge on any atom is -0.300 e. The van der Waals surface area contributed by atoms with E-state index >= 15 is 0 Å². The summed E-state index contributed by atoms with van der Waals surface area (Å²) in [5.74, 6) is 1.31. The summed E-state index contributed by atoms with van der Waals surface area (Å²) in [6.45, 7) is 0. The summed E-state index contributed by atoms with van der Waals surface area (Å²) in [6, 6.07) is 13.2. The molecule has 0 aromatic heterocycles. The van der Waals surface area contributed by atoms with Gasteiger partial charge in [0.05, 0.1) is 0 Å². The van der Waals surface area contributed by atoms with Gasteiger partial charge in [-0.2, -0.15) is 0 Å². The average molecular weight is 354 g/mol. The minimum atomic E-state index is -0.236. The van der Waals surface area contributed by atoms with Crippen LogP contribution in [0.4, 0.5) is 8.78 Å². The number of rotatable bonds is 8. The van der Waals surface area contributed by atoms with Crippen molar-refractivity contribution in [1.29, 1.82) is 0 Å². The summed E-state index contributed by atoms with van der Waals surface area (Å²) in [4.78, 5) is 12.9. The van der Waals surface area contributed by atoms with Crippen molar-refractivity contribution < 1.29 is 13.6 Å². The van der Waals surface area contributed by atoms with Crippen molar-refractivity contribution in [2.45, 2.75) is 50.4 Å². The molecule has 0 spiro atoms. The van der Waals surface area contributed by atoms with Gasteiger partial charge in [0.15, 0.2) is 0 Å². The normalized spacial score (nSPS) is 19.2. The highest BCUT2D eigenvalue weighted by atomic mass is 19.1. The summed E-state index contributed by atoms with van der Waals surface area (Å²) in [6.07, 6.45) is 5.67. The average Bonchev–Trinajstić information content (AvgIpc) is 3.53. The highest BCUT2D eigenvalue weighted by Crippen LogP contribution is 2.47. The van der Waals surface area contributed by atoms with Crippen LogP contribution < -0.4 is 0 Å². The monoisotopic (exact) mass is 354 g/mol. The molecule has 2 aromatic rings. The van der Waals surface area contributed by atoms with E-state index < -0.39 is 0 Å². The second-order valence-electron chi connectivity index (χ2n) is 7.94. The second-order valence-corrected chi connectivity index (χ2v) is 7.94. The number of Topliss-reactive ketones (excluding diaryl/α,β-unsaturated/α-hetero) is 1. The van der Waals surface area contributed by atoms with Crippen LogP contribution in [0.2, 0.25) is 0 Å². The number of hydrogen-bond acceptors (Lipinski definition) is 1. The molecule has 2 aliphatic carbocycles. The lowest BCUT2D eigenvalue weighted by Crippen LogP contribution is -2.14. The van der Waals surface area contributed by atoms with E-state index in [2.05, 4.69) is 0 Å². The molecule has 2 fully saturated rings. The summed E-state index contributed by atoms with van der Waals surface area (Å²) in [5, 5.41) is 0. The maximum absolute atomic E-state index is 13.2. The smallest absolute Gasteiger partial charge is 0.134 e. The van der Waals surface area contributed by atoms with Gasteiger partial charge < -0.3 is 0 Å². The van der Waals surface area contributed by atoms with Crippen LogP contribution in [0.25, 0.3) is 0 Å². The molecule has 3 heteroatoms. The molecule has 0 saturated heterocycles. The van der Waals surface area contributed by atoms with Crippen molar-refractivity contribution in [3.05, 3.63) is 71.3 Å². The number of hydrogen-bond donors (Lipinski definition) is 0. The van der Waals surface area contributed by atoms with Crippen LogP contribution in [-0.4, -0.2) is 5.78 Å². The first-order valence-electron chi connectivity index (χ1n) is 9.63. The van der Waals surface area contributed by atoms with Gasteiger partial charge in [0.25, 0.3) is 0 Å². The lowest BCUT2D eigenvalue weighted by atomic mass is 9.84. The second kappa shape index (κ2) is 7.30. The van der Waals surface area contributed by atoms with Gasteiger partial charge in [0, 0.05) is 12.8 Å². The van der Waals surface area contributed by atoms with Crippen LogP contribution in [0.5, 0.6) is 0 Å². The van der Waals surface area contributed by atoms with E-state index in [0.29, 0.717) is 24.7 Å². The Balaban J connectivity index is 1.45. The molecule has 0 aliphatic heterocycles. The van der Waals surface area contributed by atoms with Crippen molar-refractivity contribution in [1.82, 2.24) is 0 Å². The Labute approximate surface area is 153 Å². The van der Waals surface area contributed by atoms with Crippen molar-refractivity contribution in [3.8, 4) is 0 Å². The minimum absolute atomic E-state index is 0.205. The summed E-state index contributed by atoms with van der Waals surface area (Å²) in [7, 11) is 0. The molecular formula is C23H24F2O. The quantitative estimate of drug-likeness (QED) is 0.568. The van der Waals surface area contributed by atoms with Crippen molar-refractivity contribution in [3.63, 3.8) is 0 Å². The molecule has 2 aromatic carbocycles. The molecule has 2 saturated carbocycles. The molecule has 136 valence electrons. The molecule has 2 aliphatic rings. The Morgan fingerprint density at radius 3 is 1.38 bits per heavy atom. The third-order valence-electron chi connectivity index (χ3n) is 5.87.